The third-order valence-corrected chi connectivity index (χ3v) is 3.09. The van der Waals surface area contributed by atoms with E-state index in [2.05, 4.69) is 10.6 Å². The van der Waals surface area contributed by atoms with Gasteiger partial charge in [-0.1, -0.05) is 6.92 Å². The van der Waals surface area contributed by atoms with E-state index in [1.165, 1.54) is 12.3 Å². The molecule has 22 heavy (non-hydrogen) atoms. The molecule has 0 saturated carbocycles. The van der Waals surface area contributed by atoms with E-state index in [0.29, 0.717) is 0 Å². The third kappa shape index (κ3) is 6.43. The first kappa shape index (κ1) is 17.7. The molecule has 0 spiro atoms. The number of hydrogen-bond donors (Lipinski definition) is 2. The monoisotopic (exact) mass is 310 g/mol. The van der Waals surface area contributed by atoms with E-state index in [0.717, 1.165) is 6.42 Å². The summed E-state index contributed by atoms with van der Waals surface area (Å²) < 4.78 is 9.75. The van der Waals surface area contributed by atoms with Crippen molar-refractivity contribution in [3.05, 3.63) is 24.2 Å². The Morgan fingerprint density at radius 3 is 2.64 bits per heavy atom. The van der Waals surface area contributed by atoms with Crippen molar-refractivity contribution in [1.29, 1.82) is 0 Å². The molecule has 0 bridgehead atoms. The molecule has 0 aromatic carbocycles. The van der Waals surface area contributed by atoms with Crippen molar-refractivity contribution in [3.63, 3.8) is 0 Å². The van der Waals surface area contributed by atoms with Crippen LogP contribution in [0.4, 0.5) is 0 Å². The summed E-state index contributed by atoms with van der Waals surface area (Å²) in [6.45, 7) is 5.51. The molecular formula is C15H22N2O5. The Kier molecular flexibility index (Phi) is 6.62. The van der Waals surface area contributed by atoms with Crippen LogP contribution in [0.3, 0.4) is 0 Å². The van der Waals surface area contributed by atoms with Crippen LogP contribution in [0.2, 0.25) is 0 Å². The van der Waals surface area contributed by atoms with Gasteiger partial charge in [-0.2, -0.15) is 0 Å². The van der Waals surface area contributed by atoms with Crippen molar-refractivity contribution in [2.24, 2.45) is 0 Å². The van der Waals surface area contributed by atoms with Crippen LogP contribution >= 0.6 is 0 Å². The molecule has 122 valence electrons. The van der Waals surface area contributed by atoms with Gasteiger partial charge in [-0.25, -0.2) is 0 Å². The minimum absolute atomic E-state index is 0.0170. The van der Waals surface area contributed by atoms with Crippen molar-refractivity contribution in [2.45, 2.75) is 39.2 Å². The first-order valence-corrected chi connectivity index (χ1v) is 7.12. The van der Waals surface area contributed by atoms with Crippen molar-refractivity contribution < 1.29 is 23.5 Å². The molecule has 2 N–H and O–H groups in total. The second-order valence-corrected chi connectivity index (χ2v) is 5.43. The number of carbonyl (C=O) groups excluding carboxylic acids is 3. The van der Waals surface area contributed by atoms with Gasteiger partial charge in [0, 0.05) is 12.1 Å². The Balaban J connectivity index is 2.18. The zero-order chi connectivity index (χ0) is 16.6. The summed E-state index contributed by atoms with van der Waals surface area (Å²) in [7, 11) is 0. The maximum Gasteiger partial charge on any atom is 0.308 e. The molecule has 0 atom stereocenters. The van der Waals surface area contributed by atoms with Crippen LogP contribution in [0.15, 0.2) is 22.8 Å². The Morgan fingerprint density at radius 2 is 2.05 bits per heavy atom. The molecule has 1 rings (SSSR count). The van der Waals surface area contributed by atoms with Crippen molar-refractivity contribution in [2.75, 3.05) is 13.2 Å². The predicted molar refractivity (Wildman–Crippen MR) is 79.1 cm³/mol. The van der Waals surface area contributed by atoms with E-state index >= 15 is 0 Å². The molecule has 0 saturated heterocycles. The number of esters is 1. The topological polar surface area (TPSA) is 97.6 Å². The smallest absolute Gasteiger partial charge is 0.308 e. The second-order valence-electron chi connectivity index (χ2n) is 5.43. The van der Waals surface area contributed by atoms with Gasteiger partial charge in [0.05, 0.1) is 12.7 Å². The molecule has 0 aliphatic heterocycles. The Labute approximate surface area is 129 Å². The number of nitrogens with one attached hydrogen (secondary N) is 2. The highest BCUT2D eigenvalue weighted by Gasteiger charge is 2.18. The highest BCUT2D eigenvalue weighted by molar-refractivity contribution is 5.91. The van der Waals surface area contributed by atoms with E-state index in [1.54, 1.807) is 6.07 Å². The number of furan rings is 1. The summed E-state index contributed by atoms with van der Waals surface area (Å²) in [4.78, 5) is 34.6. The number of ether oxygens (including phenoxy) is 1. The fourth-order valence-electron chi connectivity index (χ4n) is 1.49. The van der Waals surface area contributed by atoms with Crippen molar-refractivity contribution >= 4 is 17.8 Å². The SMILES string of the molecule is CCC(C)(C)NC(=O)COC(=O)CCNC(=O)c1ccco1. The Bertz CT molecular complexity index is 508. The zero-order valence-corrected chi connectivity index (χ0v) is 13.1. The minimum atomic E-state index is -0.552. The first-order chi connectivity index (χ1) is 10.3. The van der Waals surface area contributed by atoms with Crippen LogP contribution in [0.25, 0.3) is 0 Å². The fourth-order valence-corrected chi connectivity index (χ4v) is 1.49. The van der Waals surface area contributed by atoms with Crippen LogP contribution in [-0.4, -0.2) is 36.5 Å². The van der Waals surface area contributed by atoms with Crippen LogP contribution < -0.4 is 10.6 Å². The quantitative estimate of drug-likeness (QED) is 0.704. The molecule has 7 nitrogen and oxygen atoms in total. The zero-order valence-electron chi connectivity index (χ0n) is 13.1. The van der Waals surface area contributed by atoms with Crippen LogP contribution in [0.5, 0.6) is 0 Å². The third-order valence-electron chi connectivity index (χ3n) is 3.09. The Morgan fingerprint density at radius 1 is 1.32 bits per heavy atom. The molecular weight excluding hydrogens is 288 g/mol. The molecule has 1 heterocycles. The number of amides is 2. The molecule has 0 radical (unpaired) electrons. The summed E-state index contributed by atoms with van der Waals surface area (Å²) >= 11 is 0. The van der Waals surface area contributed by atoms with E-state index in [1.807, 2.05) is 20.8 Å². The lowest BCUT2D eigenvalue weighted by atomic mass is 10.0. The number of rotatable bonds is 8. The molecule has 0 aliphatic rings. The summed E-state index contributed by atoms with van der Waals surface area (Å²) in [6.07, 6.45) is 2.14. The largest absolute Gasteiger partial charge is 0.459 e. The van der Waals surface area contributed by atoms with Gasteiger partial charge < -0.3 is 19.8 Å². The van der Waals surface area contributed by atoms with Crippen LogP contribution in [0, 0.1) is 0 Å². The maximum atomic E-state index is 11.6. The lowest BCUT2D eigenvalue weighted by Crippen LogP contribution is -2.44. The van der Waals surface area contributed by atoms with Crippen molar-refractivity contribution in [1.82, 2.24) is 10.6 Å². The van der Waals surface area contributed by atoms with Gasteiger partial charge in [0.25, 0.3) is 11.8 Å². The standard InChI is InChI=1S/C15H22N2O5/c1-4-15(2,3)17-12(18)10-22-13(19)7-8-16-14(20)11-6-5-9-21-11/h5-6,9H,4,7-8,10H2,1-3H3,(H,16,20)(H,17,18). The Hall–Kier alpha value is -2.31. The van der Waals surface area contributed by atoms with Gasteiger partial charge in [-0.05, 0) is 32.4 Å². The van der Waals surface area contributed by atoms with Gasteiger partial charge >= 0.3 is 5.97 Å². The highest BCUT2D eigenvalue weighted by atomic mass is 16.5. The second kappa shape index (κ2) is 8.21. The van der Waals surface area contributed by atoms with Crippen LogP contribution in [0.1, 0.15) is 44.2 Å². The first-order valence-electron chi connectivity index (χ1n) is 7.12. The molecule has 7 heteroatoms. The van der Waals surface area contributed by atoms with Crippen molar-refractivity contribution in [3.8, 4) is 0 Å². The van der Waals surface area contributed by atoms with E-state index < -0.39 is 11.9 Å². The normalized spacial score (nSPS) is 10.9. The van der Waals surface area contributed by atoms with Gasteiger partial charge in [0.15, 0.2) is 12.4 Å². The highest BCUT2D eigenvalue weighted by Crippen LogP contribution is 2.06. The van der Waals surface area contributed by atoms with E-state index in [9.17, 15) is 14.4 Å². The lowest BCUT2D eigenvalue weighted by molar-refractivity contribution is -0.148. The minimum Gasteiger partial charge on any atom is -0.459 e. The van der Waals surface area contributed by atoms with Gasteiger partial charge in [0.2, 0.25) is 0 Å². The lowest BCUT2D eigenvalue weighted by Gasteiger charge is -2.24. The molecule has 1 aromatic heterocycles. The van der Waals surface area contributed by atoms with E-state index in [4.69, 9.17) is 9.15 Å². The van der Waals surface area contributed by atoms with E-state index in [-0.39, 0.29) is 36.8 Å². The molecule has 0 unspecified atom stereocenters. The summed E-state index contributed by atoms with van der Waals surface area (Å²) in [5.41, 5.74) is -0.333. The van der Waals surface area contributed by atoms with Crippen LogP contribution in [-0.2, 0) is 14.3 Å². The predicted octanol–water partition coefficient (Wildman–Crippen LogP) is 1.25. The molecule has 0 aliphatic carbocycles. The number of hydrogen-bond acceptors (Lipinski definition) is 5. The van der Waals surface area contributed by atoms with Gasteiger partial charge in [-0.3, -0.25) is 14.4 Å². The maximum absolute atomic E-state index is 11.6. The summed E-state index contributed by atoms with van der Waals surface area (Å²) in [5, 5.41) is 5.27. The average molecular weight is 310 g/mol. The summed E-state index contributed by atoms with van der Waals surface area (Å²) in [6, 6.07) is 3.12. The molecule has 2 amide bonds. The van der Waals surface area contributed by atoms with Gasteiger partial charge in [-0.15, -0.1) is 0 Å². The summed E-state index contributed by atoms with van der Waals surface area (Å²) in [5.74, 6) is -1.13. The number of carbonyl (C=O) groups is 3. The molecule has 1 aromatic rings. The fraction of sp³-hybridized carbons (Fsp3) is 0.533. The van der Waals surface area contributed by atoms with Gasteiger partial charge in [0.1, 0.15) is 0 Å². The average Bonchev–Trinajstić information content (AvgIpc) is 2.99. The molecule has 0 fully saturated rings.